The zero-order valence-corrected chi connectivity index (χ0v) is 18.7. The molecule has 174 valence electrons. The molecular weight excluding hydrogens is 424 g/mol. The topological polar surface area (TPSA) is 105 Å². The van der Waals surface area contributed by atoms with E-state index >= 15 is 0 Å². The number of fused-ring (bicyclic) bond motifs is 3. The number of alkyl carbamates (subject to hydrolysis) is 1. The predicted molar refractivity (Wildman–Crippen MR) is 121 cm³/mol. The largest absolute Gasteiger partial charge is 0.480 e. The minimum atomic E-state index is -1.10. The lowest BCUT2D eigenvalue weighted by molar-refractivity contribution is -0.151. The second-order valence-corrected chi connectivity index (χ2v) is 8.61. The number of carboxylic acid groups (broad SMARTS) is 1. The number of carbonyl (C=O) groups is 3. The standard InChI is InChI=1S/C25H28N2O6/c1-15(2)27(13-22(28)29)24(30)23-21(11-12-32-23)26-25(31)33-14-20-18-9-5-3-7-16(18)17-8-4-6-10-19(17)20/h3-10,15,20-21,23H,11-14H2,1-2H3,(H,26,31)(H,28,29). The average Bonchev–Trinajstić information content (AvgIpc) is 3.38. The fourth-order valence-corrected chi connectivity index (χ4v) is 4.60. The van der Waals surface area contributed by atoms with Crippen molar-refractivity contribution in [1.29, 1.82) is 0 Å². The molecule has 0 saturated carbocycles. The number of amides is 2. The second kappa shape index (κ2) is 9.62. The summed E-state index contributed by atoms with van der Waals surface area (Å²) in [4.78, 5) is 37.9. The first-order valence-electron chi connectivity index (χ1n) is 11.1. The molecule has 8 heteroatoms. The molecule has 0 aromatic heterocycles. The molecule has 0 radical (unpaired) electrons. The molecule has 8 nitrogen and oxygen atoms in total. The van der Waals surface area contributed by atoms with E-state index in [1.165, 1.54) is 4.90 Å². The van der Waals surface area contributed by atoms with Gasteiger partial charge >= 0.3 is 12.1 Å². The Labute approximate surface area is 192 Å². The van der Waals surface area contributed by atoms with Crippen molar-refractivity contribution in [2.75, 3.05) is 19.8 Å². The zero-order chi connectivity index (χ0) is 23.5. The van der Waals surface area contributed by atoms with Gasteiger partial charge in [-0.2, -0.15) is 0 Å². The highest BCUT2D eigenvalue weighted by atomic mass is 16.6. The number of carbonyl (C=O) groups excluding carboxylic acids is 2. The van der Waals surface area contributed by atoms with Gasteiger partial charge in [-0.05, 0) is 42.5 Å². The number of carboxylic acids is 1. The van der Waals surface area contributed by atoms with E-state index in [-0.39, 0.29) is 18.6 Å². The van der Waals surface area contributed by atoms with E-state index in [0.717, 1.165) is 22.3 Å². The van der Waals surface area contributed by atoms with Crippen molar-refractivity contribution in [3.8, 4) is 11.1 Å². The average molecular weight is 453 g/mol. The summed E-state index contributed by atoms with van der Waals surface area (Å²) >= 11 is 0. The third kappa shape index (κ3) is 4.71. The zero-order valence-electron chi connectivity index (χ0n) is 18.7. The lowest BCUT2D eigenvalue weighted by Crippen LogP contribution is -2.52. The number of rotatable bonds is 7. The van der Waals surface area contributed by atoms with Crippen LogP contribution >= 0.6 is 0 Å². The van der Waals surface area contributed by atoms with Crippen LogP contribution in [0.15, 0.2) is 48.5 Å². The molecular formula is C25H28N2O6. The SMILES string of the molecule is CC(C)N(CC(=O)O)C(=O)C1OCCC1NC(=O)OCC1c2ccccc2-c2ccccc21. The summed E-state index contributed by atoms with van der Waals surface area (Å²) in [7, 11) is 0. The van der Waals surface area contributed by atoms with E-state index in [4.69, 9.17) is 14.6 Å². The Morgan fingerprint density at radius 1 is 1.09 bits per heavy atom. The number of hydrogen-bond donors (Lipinski definition) is 2. The molecule has 2 atom stereocenters. The first kappa shape index (κ1) is 22.8. The molecule has 2 unspecified atom stereocenters. The maximum atomic E-state index is 12.9. The third-order valence-electron chi connectivity index (χ3n) is 6.19. The van der Waals surface area contributed by atoms with Crippen LogP contribution in [0.2, 0.25) is 0 Å². The van der Waals surface area contributed by atoms with Gasteiger partial charge in [0.15, 0.2) is 6.10 Å². The van der Waals surface area contributed by atoms with E-state index < -0.39 is 36.7 Å². The number of aliphatic carboxylic acids is 1. The maximum absolute atomic E-state index is 12.9. The number of benzene rings is 2. The van der Waals surface area contributed by atoms with Gasteiger partial charge in [-0.1, -0.05) is 48.5 Å². The van der Waals surface area contributed by atoms with E-state index in [1.807, 2.05) is 36.4 Å². The van der Waals surface area contributed by atoms with Gasteiger partial charge in [0, 0.05) is 18.6 Å². The van der Waals surface area contributed by atoms with Crippen LogP contribution in [0.5, 0.6) is 0 Å². The predicted octanol–water partition coefficient (Wildman–Crippen LogP) is 3.00. The fraction of sp³-hybridized carbons (Fsp3) is 0.400. The number of hydrogen-bond acceptors (Lipinski definition) is 5. The summed E-state index contributed by atoms with van der Waals surface area (Å²) in [5, 5.41) is 11.9. The monoisotopic (exact) mass is 452 g/mol. The van der Waals surface area contributed by atoms with Gasteiger partial charge < -0.3 is 24.8 Å². The minimum absolute atomic E-state index is 0.0626. The summed E-state index contributed by atoms with van der Waals surface area (Å²) in [5.74, 6) is -1.61. The lowest BCUT2D eigenvalue weighted by atomic mass is 9.98. The fourth-order valence-electron chi connectivity index (χ4n) is 4.60. The van der Waals surface area contributed by atoms with Crippen molar-refractivity contribution < 1.29 is 29.0 Å². The van der Waals surface area contributed by atoms with Gasteiger partial charge in [-0.15, -0.1) is 0 Å². The van der Waals surface area contributed by atoms with E-state index in [9.17, 15) is 14.4 Å². The van der Waals surface area contributed by atoms with Crippen LogP contribution in [0.4, 0.5) is 4.79 Å². The lowest BCUT2D eigenvalue weighted by Gasteiger charge is -2.29. The van der Waals surface area contributed by atoms with Gasteiger partial charge in [0.05, 0.1) is 6.04 Å². The molecule has 1 fully saturated rings. The Bertz CT molecular complexity index is 1010. The Hall–Kier alpha value is -3.39. The maximum Gasteiger partial charge on any atom is 0.407 e. The van der Waals surface area contributed by atoms with Crippen LogP contribution in [-0.4, -0.2) is 65.9 Å². The van der Waals surface area contributed by atoms with Crippen LogP contribution in [0, 0.1) is 0 Å². The van der Waals surface area contributed by atoms with Crippen molar-refractivity contribution in [3.05, 3.63) is 59.7 Å². The molecule has 0 bridgehead atoms. The van der Waals surface area contributed by atoms with E-state index in [1.54, 1.807) is 13.8 Å². The minimum Gasteiger partial charge on any atom is -0.480 e. The summed E-state index contributed by atoms with van der Waals surface area (Å²) in [6, 6.07) is 15.3. The first-order chi connectivity index (χ1) is 15.9. The van der Waals surface area contributed by atoms with Crippen molar-refractivity contribution in [1.82, 2.24) is 10.2 Å². The van der Waals surface area contributed by atoms with E-state index in [2.05, 4.69) is 17.4 Å². The van der Waals surface area contributed by atoms with Gasteiger partial charge in [0.1, 0.15) is 13.2 Å². The summed E-state index contributed by atoms with van der Waals surface area (Å²) < 4.78 is 11.1. The molecule has 2 aromatic carbocycles. The molecule has 0 spiro atoms. The molecule has 1 heterocycles. The summed E-state index contributed by atoms with van der Waals surface area (Å²) in [6.07, 6.45) is -1.12. The molecule has 1 aliphatic heterocycles. The third-order valence-corrected chi connectivity index (χ3v) is 6.19. The molecule has 33 heavy (non-hydrogen) atoms. The van der Waals surface area contributed by atoms with Crippen molar-refractivity contribution in [2.24, 2.45) is 0 Å². The smallest absolute Gasteiger partial charge is 0.407 e. The molecule has 1 aliphatic carbocycles. The molecule has 1 saturated heterocycles. The quantitative estimate of drug-likeness (QED) is 0.669. The Morgan fingerprint density at radius 3 is 2.27 bits per heavy atom. The highest BCUT2D eigenvalue weighted by Crippen LogP contribution is 2.44. The normalized spacial score (nSPS) is 19.1. The molecule has 2 N–H and O–H groups in total. The summed E-state index contributed by atoms with van der Waals surface area (Å²) in [5.41, 5.74) is 4.52. The second-order valence-electron chi connectivity index (χ2n) is 8.61. The number of nitrogens with zero attached hydrogens (tertiary/aromatic N) is 1. The summed E-state index contributed by atoms with van der Waals surface area (Å²) in [6.45, 7) is 3.52. The molecule has 2 aliphatic rings. The Kier molecular flexibility index (Phi) is 6.65. The van der Waals surface area contributed by atoms with Gasteiger partial charge in [0.2, 0.25) is 0 Å². The van der Waals surface area contributed by atoms with Crippen molar-refractivity contribution >= 4 is 18.0 Å². The molecule has 4 rings (SSSR count). The molecule has 2 amide bonds. The van der Waals surface area contributed by atoms with Crippen LogP contribution in [0.25, 0.3) is 11.1 Å². The molecule has 2 aromatic rings. The van der Waals surface area contributed by atoms with Crippen molar-refractivity contribution in [3.63, 3.8) is 0 Å². The van der Waals surface area contributed by atoms with Crippen LogP contribution in [0.3, 0.4) is 0 Å². The Morgan fingerprint density at radius 2 is 1.70 bits per heavy atom. The van der Waals surface area contributed by atoms with Gasteiger partial charge in [0.25, 0.3) is 5.91 Å². The van der Waals surface area contributed by atoms with Crippen LogP contribution in [0.1, 0.15) is 37.3 Å². The highest BCUT2D eigenvalue weighted by Gasteiger charge is 2.39. The number of ether oxygens (including phenoxy) is 2. The van der Waals surface area contributed by atoms with Gasteiger partial charge in [-0.25, -0.2) is 4.79 Å². The van der Waals surface area contributed by atoms with Gasteiger partial charge in [-0.3, -0.25) is 9.59 Å². The Balaban J connectivity index is 1.40. The van der Waals surface area contributed by atoms with Crippen LogP contribution in [-0.2, 0) is 19.1 Å². The highest BCUT2D eigenvalue weighted by molar-refractivity contribution is 5.86. The van der Waals surface area contributed by atoms with Crippen LogP contribution < -0.4 is 5.32 Å². The van der Waals surface area contributed by atoms with E-state index in [0.29, 0.717) is 13.0 Å². The van der Waals surface area contributed by atoms with Crippen molar-refractivity contribution in [2.45, 2.75) is 44.4 Å². The first-order valence-corrected chi connectivity index (χ1v) is 11.1. The number of nitrogens with one attached hydrogen (secondary N) is 1.